The van der Waals surface area contributed by atoms with Crippen LogP contribution in [0.15, 0.2) is 59.3 Å². The molecular weight excluding hydrogens is 298 g/mol. The van der Waals surface area contributed by atoms with Crippen molar-refractivity contribution in [2.45, 2.75) is 13.8 Å². The average molecular weight is 317 g/mol. The average Bonchev–Trinajstić information content (AvgIpc) is 3.17. The first-order valence-electron chi connectivity index (χ1n) is 8.06. The standard InChI is InChI=1S/C20H19N3O/c1-3-23(4-2)18-9-7-15(8-10-18)19-13-16(5-6-17(19)14-21)20-22-11-12-24-20/h5-13H,3-4H2,1-2H3. The number of aromatic nitrogens is 1. The van der Waals surface area contributed by atoms with Crippen LogP contribution in [0.5, 0.6) is 0 Å². The SMILES string of the molecule is CCN(CC)c1ccc(-c2cc(-c3ncco3)ccc2C#N)cc1. The lowest BCUT2D eigenvalue weighted by atomic mass is 9.97. The Morgan fingerprint density at radius 2 is 1.75 bits per heavy atom. The van der Waals surface area contributed by atoms with Gasteiger partial charge in [0.25, 0.3) is 0 Å². The van der Waals surface area contributed by atoms with Gasteiger partial charge in [-0.15, -0.1) is 0 Å². The highest BCUT2D eigenvalue weighted by atomic mass is 16.3. The topological polar surface area (TPSA) is 53.1 Å². The van der Waals surface area contributed by atoms with Crippen molar-refractivity contribution in [3.05, 3.63) is 60.5 Å². The van der Waals surface area contributed by atoms with Crippen molar-refractivity contribution in [3.8, 4) is 28.7 Å². The summed E-state index contributed by atoms with van der Waals surface area (Å²) < 4.78 is 5.36. The van der Waals surface area contributed by atoms with E-state index in [2.05, 4.69) is 54.1 Å². The number of benzene rings is 2. The summed E-state index contributed by atoms with van der Waals surface area (Å²) in [5.41, 5.74) is 4.59. The highest BCUT2D eigenvalue weighted by molar-refractivity contribution is 5.76. The minimum atomic E-state index is 0.556. The van der Waals surface area contributed by atoms with E-state index in [1.807, 2.05) is 18.2 Å². The van der Waals surface area contributed by atoms with Crippen LogP contribution in [0.1, 0.15) is 19.4 Å². The Morgan fingerprint density at radius 3 is 2.33 bits per heavy atom. The summed E-state index contributed by atoms with van der Waals surface area (Å²) in [6, 6.07) is 16.2. The molecule has 120 valence electrons. The van der Waals surface area contributed by atoms with Crippen LogP contribution in [0.3, 0.4) is 0 Å². The molecule has 3 aromatic rings. The van der Waals surface area contributed by atoms with Gasteiger partial charge in [0, 0.05) is 29.9 Å². The third-order valence-corrected chi connectivity index (χ3v) is 4.13. The Hall–Kier alpha value is -3.06. The summed E-state index contributed by atoms with van der Waals surface area (Å²) in [5, 5.41) is 9.42. The normalized spacial score (nSPS) is 10.4. The molecule has 0 aliphatic rings. The molecule has 0 fully saturated rings. The van der Waals surface area contributed by atoms with Gasteiger partial charge in [-0.1, -0.05) is 12.1 Å². The van der Waals surface area contributed by atoms with Crippen molar-refractivity contribution in [3.63, 3.8) is 0 Å². The highest BCUT2D eigenvalue weighted by Gasteiger charge is 2.10. The smallest absolute Gasteiger partial charge is 0.225 e. The molecule has 0 aliphatic heterocycles. The van der Waals surface area contributed by atoms with E-state index in [1.54, 1.807) is 12.5 Å². The minimum absolute atomic E-state index is 0.556. The quantitative estimate of drug-likeness (QED) is 0.683. The predicted molar refractivity (Wildman–Crippen MR) is 95.7 cm³/mol. The molecule has 4 nitrogen and oxygen atoms in total. The van der Waals surface area contributed by atoms with Gasteiger partial charge in [-0.2, -0.15) is 5.26 Å². The number of hydrogen-bond donors (Lipinski definition) is 0. The molecule has 1 aromatic heterocycles. The summed E-state index contributed by atoms with van der Waals surface area (Å²) >= 11 is 0. The van der Waals surface area contributed by atoms with Crippen LogP contribution >= 0.6 is 0 Å². The zero-order valence-electron chi connectivity index (χ0n) is 13.9. The lowest BCUT2D eigenvalue weighted by Crippen LogP contribution is -2.21. The molecule has 0 bridgehead atoms. The van der Waals surface area contributed by atoms with Crippen molar-refractivity contribution >= 4 is 5.69 Å². The van der Waals surface area contributed by atoms with E-state index in [0.717, 1.165) is 29.8 Å². The number of nitrogens with zero attached hydrogens (tertiary/aromatic N) is 3. The lowest BCUT2D eigenvalue weighted by Gasteiger charge is -2.21. The molecule has 0 saturated carbocycles. The Labute approximate surface area is 142 Å². The maximum Gasteiger partial charge on any atom is 0.225 e. The maximum absolute atomic E-state index is 9.42. The first kappa shape index (κ1) is 15.8. The molecule has 0 N–H and O–H groups in total. The Morgan fingerprint density at radius 1 is 1.04 bits per heavy atom. The molecule has 0 spiro atoms. The number of oxazole rings is 1. The van der Waals surface area contributed by atoms with Gasteiger partial charge in [-0.25, -0.2) is 4.98 Å². The van der Waals surface area contributed by atoms with E-state index in [9.17, 15) is 5.26 Å². The van der Waals surface area contributed by atoms with Crippen LogP contribution in [0.25, 0.3) is 22.6 Å². The molecule has 0 saturated heterocycles. The number of nitriles is 1. The number of hydrogen-bond acceptors (Lipinski definition) is 4. The second kappa shape index (κ2) is 7.01. The van der Waals surface area contributed by atoms with Gasteiger partial charge in [-0.05, 0) is 49.7 Å². The van der Waals surface area contributed by atoms with Crippen LogP contribution < -0.4 is 4.90 Å². The molecule has 4 heteroatoms. The van der Waals surface area contributed by atoms with Crippen LogP contribution in [0, 0.1) is 11.3 Å². The van der Waals surface area contributed by atoms with Crippen molar-refractivity contribution in [2.75, 3.05) is 18.0 Å². The molecule has 0 radical (unpaired) electrons. The largest absolute Gasteiger partial charge is 0.445 e. The molecule has 3 rings (SSSR count). The summed E-state index contributed by atoms with van der Waals surface area (Å²) in [5.74, 6) is 0.556. The summed E-state index contributed by atoms with van der Waals surface area (Å²) in [6.07, 6.45) is 3.16. The van der Waals surface area contributed by atoms with Crippen molar-refractivity contribution in [1.82, 2.24) is 4.98 Å². The van der Waals surface area contributed by atoms with Gasteiger partial charge in [-0.3, -0.25) is 0 Å². The fourth-order valence-corrected chi connectivity index (χ4v) is 2.82. The van der Waals surface area contributed by atoms with Crippen LogP contribution in [-0.4, -0.2) is 18.1 Å². The fourth-order valence-electron chi connectivity index (χ4n) is 2.82. The van der Waals surface area contributed by atoms with Gasteiger partial charge in [0.05, 0.1) is 17.8 Å². The second-order valence-electron chi connectivity index (χ2n) is 5.43. The molecule has 0 unspecified atom stereocenters. The first-order chi connectivity index (χ1) is 11.8. The van der Waals surface area contributed by atoms with E-state index < -0.39 is 0 Å². The number of rotatable bonds is 5. The van der Waals surface area contributed by atoms with Gasteiger partial charge in [0.1, 0.15) is 6.26 Å². The maximum atomic E-state index is 9.42. The van der Waals surface area contributed by atoms with E-state index in [1.165, 1.54) is 5.69 Å². The van der Waals surface area contributed by atoms with E-state index >= 15 is 0 Å². The third-order valence-electron chi connectivity index (χ3n) is 4.13. The van der Waals surface area contributed by atoms with Crippen molar-refractivity contribution in [1.29, 1.82) is 5.26 Å². The van der Waals surface area contributed by atoms with E-state index in [-0.39, 0.29) is 0 Å². The van der Waals surface area contributed by atoms with E-state index in [4.69, 9.17) is 4.42 Å². The molecule has 0 atom stereocenters. The fraction of sp³-hybridized carbons (Fsp3) is 0.200. The van der Waals surface area contributed by atoms with Gasteiger partial charge < -0.3 is 9.32 Å². The molecule has 0 amide bonds. The van der Waals surface area contributed by atoms with Crippen LogP contribution in [0.2, 0.25) is 0 Å². The van der Waals surface area contributed by atoms with E-state index in [0.29, 0.717) is 11.5 Å². The minimum Gasteiger partial charge on any atom is -0.445 e. The zero-order chi connectivity index (χ0) is 16.9. The van der Waals surface area contributed by atoms with Gasteiger partial charge in [0.15, 0.2) is 0 Å². The molecule has 0 aliphatic carbocycles. The molecule has 2 aromatic carbocycles. The molecule has 24 heavy (non-hydrogen) atoms. The predicted octanol–water partition coefficient (Wildman–Crippen LogP) is 4.73. The second-order valence-corrected chi connectivity index (χ2v) is 5.43. The monoisotopic (exact) mass is 317 g/mol. The lowest BCUT2D eigenvalue weighted by molar-refractivity contribution is 0.574. The Bertz CT molecular complexity index is 842. The number of anilines is 1. The van der Waals surface area contributed by atoms with Crippen molar-refractivity contribution < 1.29 is 4.42 Å². The van der Waals surface area contributed by atoms with Crippen LogP contribution in [-0.2, 0) is 0 Å². The van der Waals surface area contributed by atoms with Crippen LogP contribution in [0.4, 0.5) is 5.69 Å². The highest BCUT2D eigenvalue weighted by Crippen LogP contribution is 2.30. The summed E-state index contributed by atoms with van der Waals surface area (Å²) in [7, 11) is 0. The molecule has 1 heterocycles. The zero-order valence-corrected chi connectivity index (χ0v) is 13.9. The van der Waals surface area contributed by atoms with Crippen molar-refractivity contribution in [2.24, 2.45) is 0 Å². The Kier molecular flexibility index (Phi) is 4.62. The van der Waals surface area contributed by atoms with Gasteiger partial charge in [0.2, 0.25) is 5.89 Å². The Balaban J connectivity index is 2.02. The molecular formula is C20H19N3O. The third kappa shape index (κ3) is 3.02. The van der Waals surface area contributed by atoms with Gasteiger partial charge >= 0.3 is 0 Å². The summed E-state index contributed by atoms with van der Waals surface area (Å²) in [4.78, 5) is 6.47. The summed E-state index contributed by atoms with van der Waals surface area (Å²) in [6.45, 7) is 6.23. The first-order valence-corrected chi connectivity index (χ1v) is 8.06.